The maximum Gasteiger partial charge on any atom is 0.222 e. The van der Waals surface area contributed by atoms with E-state index < -0.39 is 0 Å². The van der Waals surface area contributed by atoms with Crippen molar-refractivity contribution < 1.29 is 9.53 Å². The number of amides is 1. The molecule has 0 saturated carbocycles. The van der Waals surface area contributed by atoms with Crippen LogP contribution < -0.4 is 10.1 Å². The number of rotatable bonds is 5. The summed E-state index contributed by atoms with van der Waals surface area (Å²) in [6.45, 7) is 0.627. The fourth-order valence-electron chi connectivity index (χ4n) is 4.62. The van der Waals surface area contributed by atoms with Crippen LogP contribution in [0, 0.1) is 0 Å². The van der Waals surface area contributed by atoms with E-state index in [9.17, 15) is 4.79 Å². The number of carbonyl (C=O) groups is 1. The van der Waals surface area contributed by atoms with Crippen molar-refractivity contribution in [1.29, 1.82) is 0 Å². The van der Waals surface area contributed by atoms with Crippen LogP contribution in [0.4, 0.5) is 0 Å². The normalized spacial score (nSPS) is 16.1. The van der Waals surface area contributed by atoms with Gasteiger partial charge in [0.1, 0.15) is 5.75 Å². The lowest BCUT2D eigenvalue weighted by Gasteiger charge is -2.24. The topological polar surface area (TPSA) is 59.0 Å². The Balaban J connectivity index is 1.31. The fourth-order valence-corrected chi connectivity index (χ4v) is 4.62. The van der Waals surface area contributed by atoms with Crippen LogP contribution in [0.3, 0.4) is 0 Å². The average molecular weight is 387 g/mol. The van der Waals surface area contributed by atoms with Crippen LogP contribution in [-0.2, 0) is 17.8 Å². The Morgan fingerprint density at radius 1 is 1.21 bits per heavy atom. The molecule has 5 rings (SSSR count). The molecule has 0 aliphatic heterocycles. The predicted octanol–water partition coefficient (Wildman–Crippen LogP) is 4.72. The number of hydrogen-bond acceptors (Lipinski definition) is 2. The number of aromatic nitrogens is 2. The number of methoxy groups -OCH3 is 1. The monoisotopic (exact) mass is 387 g/mol. The largest absolute Gasteiger partial charge is 0.495 e. The molecule has 2 heterocycles. The van der Waals surface area contributed by atoms with Crippen molar-refractivity contribution in [2.45, 2.75) is 38.3 Å². The number of benzene rings is 2. The zero-order valence-corrected chi connectivity index (χ0v) is 16.6. The number of nitrogens with one attached hydrogen (secondary N) is 2. The van der Waals surface area contributed by atoms with E-state index >= 15 is 0 Å². The summed E-state index contributed by atoms with van der Waals surface area (Å²) in [5.74, 6) is 0.918. The lowest BCUT2D eigenvalue weighted by molar-refractivity contribution is -0.122. The number of H-pyrrole nitrogens is 1. The SMILES string of the molecule is COc1cccc2ccn(CCC(=O)N[C@@H]3CCCc4c3[nH]c3ccccc43)c12. The summed E-state index contributed by atoms with van der Waals surface area (Å²) in [4.78, 5) is 16.3. The van der Waals surface area contributed by atoms with Gasteiger partial charge in [-0.15, -0.1) is 0 Å². The third kappa shape index (κ3) is 3.16. The first-order chi connectivity index (χ1) is 14.2. The lowest BCUT2D eigenvalue weighted by Crippen LogP contribution is -2.31. The molecular formula is C24H25N3O2. The Morgan fingerprint density at radius 2 is 2.10 bits per heavy atom. The summed E-state index contributed by atoms with van der Waals surface area (Å²) < 4.78 is 7.60. The molecule has 4 aromatic rings. The minimum Gasteiger partial charge on any atom is -0.495 e. The molecule has 0 spiro atoms. The van der Waals surface area contributed by atoms with Crippen LogP contribution >= 0.6 is 0 Å². The molecule has 1 amide bonds. The highest BCUT2D eigenvalue weighted by molar-refractivity contribution is 5.87. The van der Waals surface area contributed by atoms with E-state index in [1.165, 1.54) is 16.6 Å². The number of fused-ring (bicyclic) bond motifs is 4. The summed E-state index contributed by atoms with van der Waals surface area (Å²) in [7, 11) is 1.68. The number of aryl methyl sites for hydroxylation is 2. The van der Waals surface area contributed by atoms with Gasteiger partial charge in [0.05, 0.1) is 18.7 Å². The molecular weight excluding hydrogens is 362 g/mol. The molecule has 1 aliphatic rings. The molecule has 0 fully saturated rings. The van der Waals surface area contributed by atoms with Crippen molar-refractivity contribution in [2.75, 3.05) is 7.11 Å². The molecule has 1 atom stereocenters. The van der Waals surface area contributed by atoms with E-state index in [2.05, 4.69) is 45.2 Å². The summed E-state index contributed by atoms with van der Waals surface area (Å²) in [5.41, 5.74) is 4.74. The second kappa shape index (κ2) is 7.32. The quantitative estimate of drug-likeness (QED) is 0.521. The highest BCUT2D eigenvalue weighted by Gasteiger charge is 2.25. The van der Waals surface area contributed by atoms with Gasteiger partial charge in [0.15, 0.2) is 0 Å². The van der Waals surface area contributed by atoms with Gasteiger partial charge in [0.2, 0.25) is 5.91 Å². The van der Waals surface area contributed by atoms with Crippen LogP contribution in [0.15, 0.2) is 54.7 Å². The van der Waals surface area contributed by atoms with Gasteiger partial charge in [0.25, 0.3) is 0 Å². The Morgan fingerprint density at radius 3 is 3.00 bits per heavy atom. The van der Waals surface area contributed by atoms with Crippen LogP contribution in [0.5, 0.6) is 5.75 Å². The van der Waals surface area contributed by atoms with Crippen LogP contribution in [0.1, 0.15) is 36.6 Å². The Labute approximate surface area is 169 Å². The molecule has 0 radical (unpaired) electrons. The maximum absolute atomic E-state index is 12.8. The summed E-state index contributed by atoms with van der Waals surface area (Å²) in [5, 5.41) is 5.67. The molecule has 2 aromatic carbocycles. The Hall–Kier alpha value is -3.21. The zero-order valence-electron chi connectivity index (χ0n) is 16.6. The summed E-state index contributed by atoms with van der Waals surface area (Å²) in [6, 6.07) is 16.5. The standard InChI is InChI=1S/C24H25N3O2/c1-29-21-11-4-6-16-12-14-27(24(16)21)15-13-22(28)25-20-10-5-8-18-17-7-2-3-9-19(17)26-23(18)20/h2-4,6-7,9,11-12,14,20,26H,5,8,10,13,15H2,1H3,(H,25,28)/t20-/m1/s1. The van der Waals surface area contributed by atoms with Gasteiger partial charge < -0.3 is 19.6 Å². The van der Waals surface area contributed by atoms with Gasteiger partial charge in [-0.3, -0.25) is 4.79 Å². The highest BCUT2D eigenvalue weighted by Crippen LogP contribution is 2.34. The minimum absolute atomic E-state index is 0.0644. The third-order valence-corrected chi connectivity index (χ3v) is 6.00. The second-order valence-electron chi connectivity index (χ2n) is 7.73. The molecule has 29 heavy (non-hydrogen) atoms. The summed E-state index contributed by atoms with van der Waals surface area (Å²) in [6.07, 6.45) is 5.61. The molecule has 2 N–H and O–H groups in total. The van der Waals surface area contributed by atoms with Gasteiger partial charge in [0, 0.05) is 41.1 Å². The van der Waals surface area contributed by atoms with E-state index in [0.717, 1.165) is 41.4 Å². The molecule has 1 aliphatic carbocycles. The highest BCUT2D eigenvalue weighted by atomic mass is 16.5. The minimum atomic E-state index is 0.0644. The maximum atomic E-state index is 12.8. The van der Waals surface area contributed by atoms with E-state index in [-0.39, 0.29) is 11.9 Å². The number of carbonyl (C=O) groups excluding carboxylic acids is 1. The molecule has 5 heteroatoms. The van der Waals surface area contributed by atoms with Crippen molar-refractivity contribution >= 4 is 27.7 Å². The second-order valence-corrected chi connectivity index (χ2v) is 7.73. The number of para-hydroxylation sites is 2. The first kappa shape index (κ1) is 17.9. The van der Waals surface area contributed by atoms with Crippen molar-refractivity contribution in [2.24, 2.45) is 0 Å². The predicted molar refractivity (Wildman–Crippen MR) is 115 cm³/mol. The van der Waals surface area contributed by atoms with Gasteiger partial charge in [-0.25, -0.2) is 0 Å². The van der Waals surface area contributed by atoms with Gasteiger partial charge in [-0.1, -0.05) is 30.3 Å². The number of hydrogen-bond donors (Lipinski definition) is 2. The van der Waals surface area contributed by atoms with Gasteiger partial charge in [-0.05, 0) is 43.0 Å². The molecule has 0 saturated heterocycles. The first-order valence-electron chi connectivity index (χ1n) is 10.3. The van der Waals surface area contributed by atoms with Crippen molar-refractivity contribution in [1.82, 2.24) is 14.9 Å². The van der Waals surface area contributed by atoms with E-state index in [1.807, 2.05) is 24.4 Å². The molecule has 0 unspecified atom stereocenters. The smallest absolute Gasteiger partial charge is 0.222 e. The molecule has 0 bridgehead atoms. The van der Waals surface area contributed by atoms with E-state index in [1.54, 1.807) is 7.11 Å². The fraction of sp³-hybridized carbons (Fsp3) is 0.292. The van der Waals surface area contributed by atoms with Gasteiger partial charge >= 0.3 is 0 Å². The third-order valence-electron chi connectivity index (χ3n) is 6.00. The Kier molecular flexibility index (Phi) is 4.51. The van der Waals surface area contributed by atoms with E-state index in [0.29, 0.717) is 13.0 Å². The molecule has 2 aromatic heterocycles. The van der Waals surface area contributed by atoms with Crippen LogP contribution in [0.25, 0.3) is 21.8 Å². The zero-order chi connectivity index (χ0) is 19.8. The summed E-state index contributed by atoms with van der Waals surface area (Å²) >= 11 is 0. The van der Waals surface area contributed by atoms with Crippen molar-refractivity contribution in [3.05, 3.63) is 66.0 Å². The van der Waals surface area contributed by atoms with Crippen molar-refractivity contribution in [3.63, 3.8) is 0 Å². The van der Waals surface area contributed by atoms with Crippen molar-refractivity contribution in [3.8, 4) is 5.75 Å². The number of nitrogens with zero attached hydrogens (tertiary/aromatic N) is 1. The molecule has 148 valence electrons. The van der Waals surface area contributed by atoms with Gasteiger partial charge in [-0.2, -0.15) is 0 Å². The Bertz CT molecular complexity index is 1190. The first-order valence-corrected chi connectivity index (χ1v) is 10.3. The lowest BCUT2D eigenvalue weighted by atomic mass is 9.91. The van der Waals surface area contributed by atoms with Crippen LogP contribution in [-0.4, -0.2) is 22.6 Å². The number of aromatic amines is 1. The molecule has 5 nitrogen and oxygen atoms in total. The average Bonchev–Trinajstić information content (AvgIpc) is 3.34. The van der Waals surface area contributed by atoms with E-state index in [4.69, 9.17) is 4.74 Å². The van der Waals surface area contributed by atoms with Crippen LogP contribution in [0.2, 0.25) is 0 Å². The number of ether oxygens (including phenoxy) is 1.